The number of nitrogens with zero attached hydrogens (tertiary/aromatic N) is 2. The van der Waals surface area contributed by atoms with Crippen LogP contribution in [0.25, 0.3) is 0 Å². The molecule has 4 rings (SSSR count). The van der Waals surface area contributed by atoms with Gasteiger partial charge in [0.2, 0.25) is 6.79 Å². The van der Waals surface area contributed by atoms with Crippen LogP contribution in [0.2, 0.25) is 15.1 Å². The van der Waals surface area contributed by atoms with Gasteiger partial charge in [-0.3, -0.25) is 9.48 Å². The van der Waals surface area contributed by atoms with Gasteiger partial charge in [0, 0.05) is 11.8 Å². The molecular formula is C18H12Cl3N3O3. The molecule has 1 aromatic heterocycles. The number of carbonyl (C=O) groups excluding carboxylic acids is 1. The zero-order valence-electron chi connectivity index (χ0n) is 13.7. The van der Waals surface area contributed by atoms with Gasteiger partial charge < -0.3 is 14.8 Å². The highest BCUT2D eigenvalue weighted by molar-refractivity contribution is 6.42. The lowest BCUT2D eigenvalue weighted by atomic mass is 10.2. The molecule has 0 spiro atoms. The molecule has 0 bridgehead atoms. The van der Waals surface area contributed by atoms with Crippen LogP contribution in [-0.4, -0.2) is 22.5 Å². The minimum absolute atomic E-state index is 0.144. The van der Waals surface area contributed by atoms with E-state index in [1.807, 2.05) is 6.07 Å². The number of hydrogen-bond donors (Lipinski definition) is 1. The molecule has 27 heavy (non-hydrogen) atoms. The smallest absolute Gasteiger partial charge is 0.257 e. The van der Waals surface area contributed by atoms with Gasteiger partial charge >= 0.3 is 0 Å². The third-order valence-electron chi connectivity index (χ3n) is 3.91. The van der Waals surface area contributed by atoms with Crippen LogP contribution in [0, 0.1) is 0 Å². The third kappa shape index (κ3) is 3.83. The minimum atomic E-state index is -0.352. The van der Waals surface area contributed by atoms with Crippen molar-refractivity contribution in [3.8, 4) is 11.5 Å². The van der Waals surface area contributed by atoms with Gasteiger partial charge in [-0.15, -0.1) is 0 Å². The summed E-state index contributed by atoms with van der Waals surface area (Å²) in [4.78, 5) is 12.5. The van der Waals surface area contributed by atoms with Crippen molar-refractivity contribution in [1.29, 1.82) is 0 Å². The molecule has 138 valence electrons. The number of benzene rings is 2. The number of rotatable bonds is 4. The topological polar surface area (TPSA) is 65.4 Å². The van der Waals surface area contributed by atoms with E-state index in [0.29, 0.717) is 38.7 Å². The van der Waals surface area contributed by atoms with E-state index >= 15 is 0 Å². The van der Waals surface area contributed by atoms with Gasteiger partial charge in [-0.25, -0.2) is 0 Å². The summed E-state index contributed by atoms with van der Waals surface area (Å²) in [7, 11) is 0. The zero-order chi connectivity index (χ0) is 19.0. The van der Waals surface area contributed by atoms with Crippen LogP contribution in [0.3, 0.4) is 0 Å². The van der Waals surface area contributed by atoms with Gasteiger partial charge in [0.05, 0.1) is 16.6 Å². The number of fused-ring (bicyclic) bond motifs is 1. The first-order valence-electron chi connectivity index (χ1n) is 7.87. The molecule has 1 amide bonds. The molecule has 0 saturated heterocycles. The van der Waals surface area contributed by atoms with Crippen molar-refractivity contribution in [2.45, 2.75) is 6.54 Å². The summed E-state index contributed by atoms with van der Waals surface area (Å²) in [5.74, 6) is 1.05. The number of hydrogen-bond acceptors (Lipinski definition) is 4. The molecule has 0 saturated carbocycles. The summed E-state index contributed by atoms with van der Waals surface area (Å²) in [5, 5.41) is 8.28. The highest BCUT2D eigenvalue weighted by Crippen LogP contribution is 2.33. The largest absolute Gasteiger partial charge is 0.454 e. The molecule has 2 heterocycles. The maximum absolute atomic E-state index is 12.5. The lowest BCUT2D eigenvalue weighted by Gasteiger charge is -2.05. The molecule has 1 aliphatic rings. The van der Waals surface area contributed by atoms with Gasteiger partial charge in [-0.2, -0.15) is 5.10 Å². The highest BCUT2D eigenvalue weighted by atomic mass is 35.5. The summed E-state index contributed by atoms with van der Waals surface area (Å²) in [6, 6.07) is 10.2. The second-order valence-corrected chi connectivity index (χ2v) is 7.02. The Morgan fingerprint density at radius 2 is 1.85 bits per heavy atom. The molecule has 1 aliphatic heterocycles. The number of anilines is 1. The van der Waals surface area contributed by atoms with E-state index in [0.717, 1.165) is 5.56 Å². The zero-order valence-corrected chi connectivity index (χ0v) is 16.0. The number of amides is 1. The Hall–Kier alpha value is -2.41. The maximum atomic E-state index is 12.5. The molecule has 0 fully saturated rings. The molecule has 0 unspecified atom stereocenters. The number of nitrogens with one attached hydrogen (secondary N) is 1. The van der Waals surface area contributed by atoms with Crippen molar-refractivity contribution in [2.75, 3.05) is 12.1 Å². The number of ether oxygens (including phenoxy) is 2. The Bertz CT molecular complexity index is 1040. The van der Waals surface area contributed by atoms with Crippen LogP contribution in [0.15, 0.2) is 42.6 Å². The Labute approximate surface area is 169 Å². The predicted octanol–water partition coefficient (Wildman–Crippen LogP) is 4.87. The first-order valence-corrected chi connectivity index (χ1v) is 9.01. The van der Waals surface area contributed by atoms with Crippen LogP contribution in [0.5, 0.6) is 11.5 Å². The molecule has 6 nitrogen and oxygen atoms in total. The monoisotopic (exact) mass is 423 g/mol. The minimum Gasteiger partial charge on any atom is -0.454 e. The van der Waals surface area contributed by atoms with E-state index in [1.54, 1.807) is 41.2 Å². The Morgan fingerprint density at radius 1 is 1.04 bits per heavy atom. The summed E-state index contributed by atoms with van der Waals surface area (Å²) >= 11 is 18.2. The Balaban J connectivity index is 1.49. The van der Waals surface area contributed by atoms with E-state index in [4.69, 9.17) is 44.3 Å². The van der Waals surface area contributed by atoms with Crippen LogP contribution in [0.4, 0.5) is 5.82 Å². The SMILES string of the molecule is O=C(Nc1nn(Cc2ccc(Cl)c(Cl)c2)cc1Cl)c1ccc2c(c1)OCO2. The van der Waals surface area contributed by atoms with Crippen LogP contribution in [-0.2, 0) is 6.54 Å². The maximum Gasteiger partial charge on any atom is 0.257 e. The van der Waals surface area contributed by atoms with Crippen molar-refractivity contribution in [3.05, 3.63) is 68.8 Å². The van der Waals surface area contributed by atoms with Crippen molar-refractivity contribution in [3.63, 3.8) is 0 Å². The fraction of sp³-hybridized carbons (Fsp3) is 0.111. The average Bonchev–Trinajstić information content (AvgIpc) is 3.24. The van der Waals surface area contributed by atoms with Crippen molar-refractivity contribution in [1.82, 2.24) is 9.78 Å². The van der Waals surface area contributed by atoms with E-state index in [1.165, 1.54) is 0 Å². The fourth-order valence-electron chi connectivity index (χ4n) is 2.61. The summed E-state index contributed by atoms with van der Waals surface area (Å²) in [5.41, 5.74) is 1.31. The number of halogens is 3. The molecule has 9 heteroatoms. The van der Waals surface area contributed by atoms with Crippen molar-refractivity contribution < 1.29 is 14.3 Å². The second kappa shape index (κ2) is 7.31. The Morgan fingerprint density at radius 3 is 2.67 bits per heavy atom. The van der Waals surface area contributed by atoms with Gasteiger partial charge in [-0.05, 0) is 35.9 Å². The molecule has 2 aromatic carbocycles. The van der Waals surface area contributed by atoms with Crippen LogP contribution < -0.4 is 14.8 Å². The molecule has 0 aliphatic carbocycles. The van der Waals surface area contributed by atoms with Gasteiger partial charge in [0.1, 0.15) is 5.02 Å². The lowest BCUT2D eigenvalue weighted by molar-refractivity contribution is 0.102. The molecule has 0 atom stereocenters. The highest BCUT2D eigenvalue weighted by Gasteiger charge is 2.18. The quantitative estimate of drug-likeness (QED) is 0.649. The van der Waals surface area contributed by atoms with Crippen molar-refractivity contribution >= 4 is 46.5 Å². The van der Waals surface area contributed by atoms with Gasteiger partial charge in [0.15, 0.2) is 17.3 Å². The van der Waals surface area contributed by atoms with E-state index in [2.05, 4.69) is 10.4 Å². The standard InChI is InChI=1S/C18H12Cl3N3O3/c19-12-3-1-10(5-13(12)20)7-24-8-14(21)17(23-24)22-18(25)11-2-4-15-16(6-11)27-9-26-15/h1-6,8H,7,9H2,(H,22,23,25). The average molecular weight is 425 g/mol. The Kier molecular flexibility index (Phi) is 4.86. The van der Waals surface area contributed by atoms with E-state index in [9.17, 15) is 4.79 Å². The van der Waals surface area contributed by atoms with Gasteiger partial charge in [0.25, 0.3) is 5.91 Å². The number of carbonyl (C=O) groups is 1. The third-order valence-corrected chi connectivity index (χ3v) is 4.93. The lowest BCUT2D eigenvalue weighted by Crippen LogP contribution is -2.13. The van der Waals surface area contributed by atoms with Crippen LogP contribution >= 0.6 is 34.8 Å². The molecular weight excluding hydrogens is 413 g/mol. The first kappa shape index (κ1) is 18.0. The molecule has 3 aromatic rings. The summed E-state index contributed by atoms with van der Waals surface area (Å²) in [6.45, 7) is 0.571. The number of aromatic nitrogens is 2. The van der Waals surface area contributed by atoms with Crippen molar-refractivity contribution in [2.24, 2.45) is 0 Å². The van der Waals surface area contributed by atoms with Crippen LogP contribution in [0.1, 0.15) is 15.9 Å². The molecule has 0 radical (unpaired) electrons. The van der Waals surface area contributed by atoms with E-state index < -0.39 is 0 Å². The summed E-state index contributed by atoms with van der Waals surface area (Å²) < 4.78 is 12.1. The second-order valence-electron chi connectivity index (χ2n) is 5.79. The molecule has 1 N–H and O–H groups in total. The summed E-state index contributed by atoms with van der Waals surface area (Å²) in [6.07, 6.45) is 1.62. The fourth-order valence-corrected chi connectivity index (χ4v) is 3.12. The normalized spacial score (nSPS) is 12.3. The van der Waals surface area contributed by atoms with Gasteiger partial charge in [-0.1, -0.05) is 40.9 Å². The van der Waals surface area contributed by atoms with E-state index in [-0.39, 0.29) is 18.5 Å². The predicted molar refractivity (Wildman–Crippen MR) is 103 cm³/mol. The first-order chi connectivity index (χ1) is 13.0.